The van der Waals surface area contributed by atoms with Gasteiger partial charge >= 0.3 is 47.8 Å². The number of methoxy groups -OCH3 is 2. The Hall–Kier alpha value is -6.46. The zero-order valence-electron chi connectivity index (χ0n) is 62.7. The fourth-order valence-corrected chi connectivity index (χ4v) is 8.27. The number of ether oxygens (including phenoxy) is 8. The maximum atomic E-state index is 12.1. The summed E-state index contributed by atoms with van der Waals surface area (Å²) in [4.78, 5) is 93.9. The molecule has 0 spiro atoms. The average molecular weight is 1450 g/mol. The Morgan fingerprint density at radius 3 is 1.21 bits per heavy atom. The third-order valence-electron chi connectivity index (χ3n) is 13.1. The standard InChI is InChI=1S/C20H34N4O4.C17H27N3O4.C15H26N4O2.C8H17NO3.C4H6BO4.C2H4O2.ClH.Na/c1-20(2,3)28-19(26)22(4)8-9-23-10-12-24(13-11-23)18-7-6-17(16-21-18)27-15-5-14-25;1-17(2,3)24-16(21)20-9-7-19(8-10-20)15-6-5-14(13-18-15)23-12-11-22-4;1-16-5-6-18-7-9-19(10-8-18)15-4-3-14(13-17-15)21-12-2-11-20;1-8(2,3)12-7(10)9(4)6-11-5;1-3(6)8-5-9-4(2)7;1-2(3)4;;/h6-7,16,25H,5,8-15H2,1-4H3;5-6,13H,7-12H2,1-4H3;3-4,13,16,20H,2,5-12H2,1H3;6H2,1-5H3;1-2H3;1H3,(H,3,4);1H;/q;;;;-1;;;+1. The predicted molar refractivity (Wildman–Crippen MR) is 380 cm³/mol. The number of halogens is 1. The Kier molecular flexibility index (Phi) is 51.0. The van der Waals surface area contributed by atoms with Crippen LogP contribution < -0.4 is 63.8 Å². The number of amides is 3. The normalized spacial score (nSPS) is 13.7. The van der Waals surface area contributed by atoms with Crippen molar-refractivity contribution >= 4 is 73.7 Å². The zero-order valence-corrected chi connectivity index (χ0v) is 65.5. The molecular formula is C66H115BClN12NaO19. The molecule has 0 atom stereocenters. The first kappa shape index (κ1) is 95.6. The molecule has 0 saturated carbocycles. The van der Waals surface area contributed by atoms with E-state index in [1.807, 2.05) is 106 Å². The number of carboxylic acid groups (broad SMARTS) is 1. The maximum Gasteiger partial charge on any atom is 1.00 e. The van der Waals surface area contributed by atoms with Crippen LogP contribution in [0.15, 0.2) is 55.0 Å². The summed E-state index contributed by atoms with van der Waals surface area (Å²) >= 11 is 0. The van der Waals surface area contributed by atoms with Crippen molar-refractivity contribution in [1.82, 2.24) is 44.8 Å². The Morgan fingerprint density at radius 1 is 0.530 bits per heavy atom. The molecule has 3 fully saturated rings. The molecule has 4 N–H and O–H groups in total. The predicted octanol–water partition coefficient (Wildman–Crippen LogP) is 2.80. The van der Waals surface area contributed by atoms with Crippen molar-refractivity contribution in [3.05, 3.63) is 55.0 Å². The summed E-state index contributed by atoms with van der Waals surface area (Å²) in [6, 6.07) is 11.7. The number of nitrogens with one attached hydrogen (secondary N) is 1. The number of carbonyl (C=O) groups is 6. The Morgan fingerprint density at radius 2 is 0.890 bits per heavy atom. The number of pyridine rings is 3. The first-order valence-electron chi connectivity index (χ1n) is 32.8. The van der Waals surface area contributed by atoms with Gasteiger partial charge in [0.2, 0.25) is 0 Å². The minimum Gasteiger partial charge on any atom is -0.702 e. The molecule has 3 aliphatic heterocycles. The molecule has 6 rings (SSSR count). The molecule has 0 aromatic carbocycles. The van der Waals surface area contributed by atoms with E-state index in [0.717, 1.165) is 127 Å². The van der Waals surface area contributed by atoms with Crippen molar-refractivity contribution < 1.29 is 121 Å². The third kappa shape index (κ3) is 47.6. The summed E-state index contributed by atoms with van der Waals surface area (Å²) in [7, 11) is 9.26. The Balaban J connectivity index is 0. The van der Waals surface area contributed by atoms with Gasteiger partial charge in [0, 0.05) is 180 Å². The first-order valence-corrected chi connectivity index (χ1v) is 32.8. The minimum atomic E-state index is -0.833. The van der Waals surface area contributed by atoms with E-state index >= 15 is 0 Å². The second kappa shape index (κ2) is 53.4. The number of aliphatic hydroxyl groups excluding tert-OH is 2. The topological polar surface area (TPSA) is 332 Å². The maximum absolute atomic E-state index is 12.1. The smallest absolute Gasteiger partial charge is 0.702 e. The summed E-state index contributed by atoms with van der Waals surface area (Å²) in [5.41, 5.74) is -1.38. The second-order valence-electron chi connectivity index (χ2n) is 25.3. The third-order valence-corrected chi connectivity index (χ3v) is 13.1. The van der Waals surface area contributed by atoms with Crippen LogP contribution in [0.1, 0.15) is 95.9 Å². The van der Waals surface area contributed by atoms with Crippen LogP contribution in [-0.4, -0.2) is 302 Å². The van der Waals surface area contributed by atoms with Crippen molar-refractivity contribution in [2.24, 2.45) is 0 Å². The van der Waals surface area contributed by atoms with E-state index in [2.05, 4.69) is 54.1 Å². The van der Waals surface area contributed by atoms with Gasteiger partial charge in [0.15, 0.2) is 0 Å². The van der Waals surface area contributed by atoms with Gasteiger partial charge in [-0.3, -0.25) is 29.1 Å². The van der Waals surface area contributed by atoms with E-state index in [4.69, 9.17) is 58.0 Å². The van der Waals surface area contributed by atoms with Crippen LogP contribution in [0.5, 0.6) is 17.2 Å². The number of aromatic nitrogens is 3. The zero-order chi connectivity index (χ0) is 73.7. The minimum absolute atomic E-state index is 0. The van der Waals surface area contributed by atoms with Crippen molar-refractivity contribution in [3.63, 3.8) is 0 Å². The number of hydrogen-bond acceptors (Lipinski definition) is 27. The number of carbonyl (C=O) groups excluding carboxylic acids is 5. The van der Waals surface area contributed by atoms with E-state index in [0.29, 0.717) is 66.6 Å². The molecule has 0 bridgehead atoms. The van der Waals surface area contributed by atoms with E-state index < -0.39 is 34.7 Å². The molecule has 100 heavy (non-hydrogen) atoms. The van der Waals surface area contributed by atoms with Crippen LogP contribution in [0.25, 0.3) is 0 Å². The molecule has 564 valence electrons. The van der Waals surface area contributed by atoms with Crippen molar-refractivity contribution in [3.8, 4) is 17.2 Å². The van der Waals surface area contributed by atoms with Gasteiger partial charge in [-0.15, -0.1) is 12.4 Å². The molecular weight excluding hydrogens is 1330 g/mol. The Bertz CT molecular complexity index is 2650. The fourth-order valence-electron chi connectivity index (χ4n) is 8.27. The molecule has 3 aliphatic rings. The van der Waals surface area contributed by atoms with Gasteiger partial charge in [-0.05, 0) is 106 Å². The van der Waals surface area contributed by atoms with Crippen LogP contribution in [-0.2, 0) is 47.4 Å². The molecule has 3 aromatic heterocycles. The molecule has 0 aliphatic carbocycles. The van der Waals surface area contributed by atoms with Gasteiger partial charge in [-0.25, -0.2) is 29.3 Å². The van der Waals surface area contributed by atoms with Gasteiger partial charge in [-0.1, -0.05) is 0 Å². The van der Waals surface area contributed by atoms with E-state index in [1.54, 1.807) is 49.6 Å². The Labute approximate surface area is 622 Å². The summed E-state index contributed by atoms with van der Waals surface area (Å²) in [5, 5.41) is 28.1. The number of nitrogens with zero attached hydrogens (tertiary/aromatic N) is 11. The second-order valence-corrected chi connectivity index (χ2v) is 25.3. The number of aliphatic carboxylic acids is 1. The van der Waals surface area contributed by atoms with Crippen molar-refractivity contribution in [2.75, 3.05) is 201 Å². The number of carboxylic acids is 1. The molecule has 2 radical (unpaired) electrons. The van der Waals surface area contributed by atoms with Crippen LogP contribution in [0.4, 0.5) is 31.8 Å². The molecule has 3 saturated heterocycles. The number of likely N-dealkylation sites (N-methyl/N-ethyl adjacent to an activating group) is 2. The molecule has 31 nitrogen and oxygen atoms in total. The number of piperazine rings is 3. The number of rotatable bonds is 25. The van der Waals surface area contributed by atoms with E-state index in [9.17, 15) is 24.0 Å². The average Bonchev–Trinajstić information content (AvgIpc) is 0.860. The van der Waals surface area contributed by atoms with Crippen LogP contribution in [0.2, 0.25) is 0 Å². The monoisotopic (exact) mass is 1450 g/mol. The van der Waals surface area contributed by atoms with Gasteiger partial charge in [0.1, 0.15) is 72.5 Å². The van der Waals surface area contributed by atoms with Crippen LogP contribution in [0, 0.1) is 0 Å². The van der Waals surface area contributed by atoms with Gasteiger partial charge in [0.05, 0.1) is 38.4 Å². The van der Waals surface area contributed by atoms with E-state index in [-0.39, 0.29) is 80.2 Å². The molecule has 3 aromatic rings. The van der Waals surface area contributed by atoms with Crippen LogP contribution >= 0.6 is 12.4 Å². The van der Waals surface area contributed by atoms with Crippen LogP contribution in [0.3, 0.4) is 0 Å². The number of anilines is 3. The number of aliphatic hydroxyl groups is 2. The quantitative estimate of drug-likeness (QED) is 0.0410. The molecule has 6 heterocycles. The molecule has 0 unspecified atom stereocenters. The fraction of sp³-hybridized carbons (Fsp3) is 0.682. The van der Waals surface area contributed by atoms with Crippen molar-refractivity contribution in [2.45, 2.75) is 113 Å². The summed E-state index contributed by atoms with van der Waals surface area (Å²) < 4.78 is 50.4. The largest absolute Gasteiger partial charge is 1.00 e. The summed E-state index contributed by atoms with van der Waals surface area (Å²) in [5.74, 6) is 3.19. The van der Waals surface area contributed by atoms with Crippen molar-refractivity contribution in [1.29, 1.82) is 0 Å². The van der Waals surface area contributed by atoms with Gasteiger partial charge in [0.25, 0.3) is 17.9 Å². The van der Waals surface area contributed by atoms with Gasteiger partial charge < -0.3 is 92.3 Å². The first-order chi connectivity index (χ1) is 46.2. The molecule has 3 amide bonds. The summed E-state index contributed by atoms with van der Waals surface area (Å²) in [6.07, 6.45) is 5.57. The SMILES string of the molecule is CC(=O)O.CC(=O)O[B-]OC(C)=O.CN(CCN1CCN(c2ccc(OCCCO)cn2)CC1)C(=O)OC(C)(C)C.CNCCN1CCN(c2ccc(OCCCO)cn2)CC1.COCCOc1ccc(N2CCN(C(=O)OC(C)(C)C)CC2)nc1.COCN(C)C(=O)OC(C)(C)C.Cl.[Na+]. The van der Waals surface area contributed by atoms with Gasteiger partial charge in [-0.2, -0.15) is 0 Å². The van der Waals surface area contributed by atoms with E-state index in [1.165, 1.54) is 25.9 Å². The summed E-state index contributed by atoms with van der Waals surface area (Å²) in [6.45, 7) is 37.0. The molecule has 34 heteroatoms. The number of hydrogen-bond donors (Lipinski definition) is 4.